The molecule has 106 valence electrons. The van der Waals surface area contributed by atoms with Crippen molar-refractivity contribution in [3.05, 3.63) is 30.3 Å². The predicted octanol–water partition coefficient (Wildman–Crippen LogP) is 1.05. The van der Waals surface area contributed by atoms with E-state index < -0.39 is 0 Å². The lowest BCUT2D eigenvalue weighted by atomic mass is 10.3. The second-order valence-corrected chi connectivity index (χ2v) is 4.33. The minimum Gasteiger partial charge on any atom is -0.469 e. The summed E-state index contributed by atoms with van der Waals surface area (Å²) in [7, 11) is 3.28. The van der Waals surface area contributed by atoms with Crippen molar-refractivity contribution in [2.24, 2.45) is 0 Å². The van der Waals surface area contributed by atoms with Crippen molar-refractivity contribution >= 4 is 11.9 Å². The van der Waals surface area contributed by atoms with Gasteiger partial charge in [0.2, 0.25) is 5.95 Å². The van der Waals surface area contributed by atoms with Crippen molar-refractivity contribution in [2.75, 3.05) is 25.6 Å². The second kappa shape index (κ2) is 6.65. The van der Waals surface area contributed by atoms with Crippen molar-refractivity contribution in [3.8, 4) is 5.69 Å². The maximum atomic E-state index is 11.1. The number of hydrogen-bond acceptors (Lipinski definition) is 6. The second-order valence-electron chi connectivity index (χ2n) is 4.33. The van der Waals surface area contributed by atoms with Crippen LogP contribution in [0.5, 0.6) is 0 Å². The van der Waals surface area contributed by atoms with Crippen molar-refractivity contribution in [2.45, 2.75) is 12.8 Å². The molecule has 2 rings (SSSR count). The van der Waals surface area contributed by atoms with Gasteiger partial charge >= 0.3 is 5.97 Å². The van der Waals surface area contributed by atoms with Crippen LogP contribution in [0, 0.1) is 0 Å². The Kier molecular flexibility index (Phi) is 4.65. The van der Waals surface area contributed by atoms with Gasteiger partial charge in [0, 0.05) is 20.0 Å². The Morgan fingerprint density at radius 2 is 2.10 bits per heavy atom. The van der Waals surface area contributed by atoms with E-state index in [1.807, 2.05) is 42.3 Å². The highest BCUT2D eigenvalue weighted by Crippen LogP contribution is 2.14. The Morgan fingerprint density at radius 3 is 2.80 bits per heavy atom. The predicted molar refractivity (Wildman–Crippen MR) is 73.7 cm³/mol. The third-order valence-corrected chi connectivity index (χ3v) is 2.90. The van der Waals surface area contributed by atoms with Crippen LogP contribution in [0.1, 0.15) is 12.8 Å². The Labute approximate surface area is 117 Å². The van der Waals surface area contributed by atoms with Gasteiger partial charge in [-0.05, 0) is 29.0 Å². The quantitative estimate of drug-likeness (QED) is 0.734. The number of aromatic nitrogens is 4. The van der Waals surface area contributed by atoms with Crippen LogP contribution in [0.15, 0.2) is 30.3 Å². The van der Waals surface area contributed by atoms with Crippen molar-refractivity contribution in [1.29, 1.82) is 0 Å². The summed E-state index contributed by atoms with van der Waals surface area (Å²) >= 11 is 0. The van der Waals surface area contributed by atoms with E-state index >= 15 is 0 Å². The highest BCUT2D eigenvalue weighted by Gasteiger charge is 2.12. The molecule has 0 aliphatic carbocycles. The summed E-state index contributed by atoms with van der Waals surface area (Å²) in [5.41, 5.74) is 0.896. The number of nitrogens with zero attached hydrogens (tertiary/aromatic N) is 5. The molecule has 2 aromatic rings. The minimum atomic E-state index is -0.207. The minimum absolute atomic E-state index is 0.207. The molecule has 1 heterocycles. The first kappa shape index (κ1) is 14.0. The van der Waals surface area contributed by atoms with Gasteiger partial charge in [0.05, 0.1) is 12.8 Å². The molecule has 0 aliphatic heterocycles. The molecular weight excluding hydrogens is 258 g/mol. The number of tetrazole rings is 1. The van der Waals surface area contributed by atoms with Gasteiger partial charge < -0.3 is 9.64 Å². The van der Waals surface area contributed by atoms with Crippen LogP contribution >= 0.6 is 0 Å². The third kappa shape index (κ3) is 3.31. The van der Waals surface area contributed by atoms with Crippen LogP contribution in [0.3, 0.4) is 0 Å². The maximum Gasteiger partial charge on any atom is 0.305 e. The van der Waals surface area contributed by atoms with Crippen molar-refractivity contribution < 1.29 is 9.53 Å². The van der Waals surface area contributed by atoms with E-state index in [-0.39, 0.29) is 5.97 Å². The largest absolute Gasteiger partial charge is 0.469 e. The van der Waals surface area contributed by atoms with Gasteiger partial charge in [0.25, 0.3) is 0 Å². The summed E-state index contributed by atoms with van der Waals surface area (Å²) in [5.74, 6) is 0.433. The highest BCUT2D eigenvalue weighted by atomic mass is 16.5. The van der Waals surface area contributed by atoms with E-state index in [9.17, 15) is 4.79 Å². The SMILES string of the molecule is COC(=O)CCCN(C)c1nnnn1-c1ccccc1. The molecule has 0 N–H and O–H groups in total. The number of methoxy groups -OCH3 is 1. The first-order valence-electron chi connectivity index (χ1n) is 6.34. The number of esters is 1. The van der Waals surface area contributed by atoms with Gasteiger partial charge in [-0.25, -0.2) is 0 Å². The molecule has 0 spiro atoms. The average Bonchev–Trinajstić information content (AvgIpc) is 2.97. The van der Waals surface area contributed by atoms with Crippen molar-refractivity contribution in [1.82, 2.24) is 20.2 Å². The number of benzene rings is 1. The summed E-state index contributed by atoms with van der Waals surface area (Å²) in [4.78, 5) is 13.0. The fourth-order valence-corrected chi connectivity index (χ4v) is 1.82. The first-order valence-corrected chi connectivity index (χ1v) is 6.34. The Bertz CT molecular complexity index is 555. The first-order chi connectivity index (χ1) is 9.72. The van der Waals surface area contributed by atoms with E-state index in [2.05, 4.69) is 20.3 Å². The van der Waals surface area contributed by atoms with Crippen LogP contribution in [0.25, 0.3) is 5.69 Å². The molecule has 0 saturated heterocycles. The van der Waals surface area contributed by atoms with E-state index in [0.29, 0.717) is 25.3 Å². The number of anilines is 1. The molecule has 0 unspecified atom stereocenters. The molecule has 0 aliphatic rings. The molecule has 1 aromatic heterocycles. The monoisotopic (exact) mass is 275 g/mol. The number of ether oxygens (including phenoxy) is 1. The highest BCUT2D eigenvalue weighted by molar-refractivity contribution is 5.69. The standard InChI is InChI=1S/C13H17N5O2/c1-17(10-6-9-12(19)20-2)13-14-15-16-18(13)11-7-4-3-5-8-11/h3-5,7-8H,6,9-10H2,1-2H3. The molecular formula is C13H17N5O2. The van der Waals surface area contributed by atoms with E-state index in [1.54, 1.807) is 4.68 Å². The summed E-state index contributed by atoms with van der Waals surface area (Å²) in [6, 6.07) is 9.66. The number of carbonyl (C=O) groups excluding carboxylic acids is 1. The number of para-hydroxylation sites is 1. The molecule has 7 nitrogen and oxygen atoms in total. The van der Waals surface area contributed by atoms with Crippen molar-refractivity contribution in [3.63, 3.8) is 0 Å². The van der Waals surface area contributed by atoms with Gasteiger partial charge in [0.1, 0.15) is 0 Å². The lowest BCUT2D eigenvalue weighted by Crippen LogP contribution is -2.23. The summed E-state index contributed by atoms with van der Waals surface area (Å²) in [6.07, 6.45) is 1.07. The smallest absolute Gasteiger partial charge is 0.305 e. The van der Waals surface area contributed by atoms with Crippen LogP contribution in [0.2, 0.25) is 0 Å². The molecule has 0 bridgehead atoms. The number of hydrogen-bond donors (Lipinski definition) is 0. The third-order valence-electron chi connectivity index (χ3n) is 2.90. The van der Waals surface area contributed by atoms with E-state index in [0.717, 1.165) is 5.69 Å². The topological polar surface area (TPSA) is 73.1 Å². The Hall–Kier alpha value is -2.44. The average molecular weight is 275 g/mol. The number of rotatable bonds is 6. The molecule has 0 saturated carbocycles. The Balaban J connectivity index is 2.03. The number of carbonyl (C=O) groups is 1. The van der Waals surface area contributed by atoms with Gasteiger partial charge in [-0.15, -0.1) is 0 Å². The molecule has 7 heteroatoms. The molecule has 0 radical (unpaired) electrons. The summed E-state index contributed by atoms with van der Waals surface area (Å²) in [6.45, 7) is 0.669. The summed E-state index contributed by atoms with van der Waals surface area (Å²) in [5, 5.41) is 11.7. The van der Waals surface area contributed by atoms with Gasteiger partial charge in [-0.1, -0.05) is 23.3 Å². The van der Waals surface area contributed by atoms with Crippen LogP contribution < -0.4 is 4.90 Å². The van der Waals surface area contributed by atoms with Crippen LogP contribution in [-0.4, -0.2) is 46.9 Å². The molecule has 0 amide bonds. The zero-order valence-electron chi connectivity index (χ0n) is 11.6. The fourth-order valence-electron chi connectivity index (χ4n) is 1.82. The lowest BCUT2D eigenvalue weighted by Gasteiger charge is -2.17. The molecule has 20 heavy (non-hydrogen) atoms. The zero-order valence-corrected chi connectivity index (χ0v) is 11.6. The van der Waals surface area contributed by atoms with Gasteiger partial charge in [-0.2, -0.15) is 4.68 Å². The van der Waals surface area contributed by atoms with E-state index in [4.69, 9.17) is 0 Å². The molecule has 0 fully saturated rings. The fraction of sp³-hybridized carbons (Fsp3) is 0.385. The lowest BCUT2D eigenvalue weighted by molar-refractivity contribution is -0.140. The van der Waals surface area contributed by atoms with Crippen LogP contribution in [0.4, 0.5) is 5.95 Å². The van der Waals surface area contributed by atoms with Gasteiger partial charge in [0.15, 0.2) is 0 Å². The maximum absolute atomic E-state index is 11.1. The normalized spacial score (nSPS) is 10.3. The Morgan fingerprint density at radius 1 is 1.35 bits per heavy atom. The van der Waals surface area contributed by atoms with Crippen LogP contribution in [-0.2, 0) is 9.53 Å². The zero-order chi connectivity index (χ0) is 14.4. The molecule has 1 aromatic carbocycles. The molecule has 0 atom stereocenters. The van der Waals surface area contributed by atoms with E-state index in [1.165, 1.54) is 7.11 Å². The summed E-state index contributed by atoms with van der Waals surface area (Å²) < 4.78 is 6.28. The van der Waals surface area contributed by atoms with Gasteiger partial charge in [-0.3, -0.25) is 4.79 Å².